The van der Waals surface area contributed by atoms with Crippen LogP contribution in [0, 0.1) is 5.92 Å². The third kappa shape index (κ3) is 2.29. The summed E-state index contributed by atoms with van der Waals surface area (Å²) in [5.41, 5.74) is 3.36. The first-order chi connectivity index (χ1) is 11.5. The van der Waals surface area contributed by atoms with Crippen LogP contribution >= 0.6 is 0 Å². The molecule has 4 rings (SSSR count). The molecule has 0 amide bonds. The van der Waals surface area contributed by atoms with E-state index >= 15 is 0 Å². The predicted molar refractivity (Wildman–Crippen MR) is 89.5 cm³/mol. The van der Waals surface area contributed by atoms with E-state index in [0.717, 1.165) is 11.3 Å². The maximum atomic E-state index is 12.0. The van der Waals surface area contributed by atoms with Crippen molar-refractivity contribution >= 4 is 10.2 Å². The van der Waals surface area contributed by atoms with E-state index < -0.39 is 16.3 Å². The first-order valence-corrected chi connectivity index (χ1v) is 9.45. The summed E-state index contributed by atoms with van der Waals surface area (Å²) in [6, 6.07) is 8.13. The summed E-state index contributed by atoms with van der Waals surface area (Å²) in [6.07, 6.45) is 3.50. The van der Waals surface area contributed by atoms with Crippen molar-refractivity contribution in [1.82, 2.24) is 18.6 Å². The zero-order valence-corrected chi connectivity index (χ0v) is 14.1. The number of rotatable bonds is 3. The normalized spacial score (nSPS) is 27.0. The van der Waals surface area contributed by atoms with E-state index in [1.165, 1.54) is 16.9 Å². The van der Waals surface area contributed by atoms with Gasteiger partial charge in [0.2, 0.25) is 0 Å². The van der Waals surface area contributed by atoms with Crippen molar-refractivity contribution in [2.75, 3.05) is 20.1 Å². The lowest BCUT2D eigenvalue weighted by Crippen LogP contribution is -2.51. The molecular formula is C16H20N4O3S. The molecule has 2 N–H and O–H groups in total. The maximum Gasteiger partial charge on any atom is 0.279 e. The van der Waals surface area contributed by atoms with E-state index in [1.54, 1.807) is 6.33 Å². The highest BCUT2D eigenvalue weighted by Crippen LogP contribution is 2.45. The summed E-state index contributed by atoms with van der Waals surface area (Å²) in [6.45, 7) is 0.504. The first-order valence-electron chi connectivity index (χ1n) is 8.00. The molecule has 0 aliphatic carbocycles. The molecule has 2 aromatic rings. The number of aliphatic hydroxyl groups excluding tert-OH is 1. The first kappa shape index (κ1) is 15.8. The number of hydrogen-bond donors (Lipinski definition) is 2. The van der Waals surface area contributed by atoms with Crippen molar-refractivity contribution in [3.8, 4) is 11.3 Å². The van der Waals surface area contributed by atoms with Gasteiger partial charge >= 0.3 is 0 Å². The van der Waals surface area contributed by atoms with Crippen LogP contribution in [0.5, 0.6) is 0 Å². The standard InChI is InChI=1S/C16H20N4O3S/c1-17-24(22,23)19-7-6-13(15(21)9-19)16-12-5-3-2-4-11(12)14-8-18-10-20(14)16/h2-5,8,10,13,15-17,21H,6-7,9H2,1H3/t13-,15-,16?/m0/s1. The van der Waals surface area contributed by atoms with Gasteiger partial charge in [-0.15, -0.1) is 0 Å². The minimum absolute atomic E-state index is 0.00635. The van der Waals surface area contributed by atoms with Crippen molar-refractivity contribution in [1.29, 1.82) is 0 Å². The molecule has 7 nitrogen and oxygen atoms in total. The lowest BCUT2D eigenvalue weighted by molar-refractivity contribution is 0.0340. The molecule has 0 bridgehead atoms. The number of piperidine rings is 1. The summed E-state index contributed by atoms with van der Waals surface area (Å²) < 4.78 is 29.7. The van der Waals surface area contributed by atoms with E-state index in [0.29, 0.717) is 13.0 Å². The van der Waals surface area contributed by atoms with Crippen LogP contribution in [0.4, 0.5) is 0 Å². The van der Waals surface area contributed by atoms with Crippen molar-refractivity contribution < 1.29 is 13.5 Å². The fourth-order valence-corrected chi connectivity index (χ4v) is 4.90. The SMILES string of the molecule is CNS(=O)(=O)N1CC[C@H](C2c3ccccc3-c3cncn32)[C@@H](O)C1. The molecule has 1 aromatic heterocycles. The third-order valence-corrected chi connectivity index (χ3v) is 6.65. The fourth-order valence-electron chi connectivity index (χ4n) is 3.95. The Hall–Kier alpha value is -1.74. The van der Waals surface area contributed by atoms with E-state index in [4.69, 9.17) is 0 Å². The van der Waals surface area contributed by atoms with Gasteiger partial charge in [0.15, 0.2) is 0 Å². The summed E-state index contributed by atoms with van der Waals surface area (Å²) in [5, 5.41) is 10.7. The Morgan fingerprint density at radius 1 is 1.33 bits per heavy atom. The van der Waals surface area contributed by atoms with Gasteiger partial charge in [-0.25, -0.2) is 9.71 Å². The average Bonchev–Trinajstić information content (AvgIpc) is 3.16. The average molecular weight is 348 g/mol. The molecule has 128 valence electrons. The van der Waals surface area contributed by atoms with Crippen LogP contribution < -0.4 is 4.72 Å². The summed E-state index contributed by atoms with van der Waals surface area (Å²) in [5.74, 6) is -0.0510. The second kappa shape index (κ2) is 5.66. The number of aliphatic hydroxyl groups is 1. The Labute approximate surface area is 141 Å². The number of aromatic nitrogens is 2. The Kier molecular flexibility index (Phi) is 3.72. The van der Waals surface area contributed by atoms with Gasteiger partial charge in [-0.1, -0.05) is 24.3 Å². The Morgan fingerprint density at radius 2 is 2.12 bits per heavy atom. The molecular weight excluding hydrogens is 328 g/mol. The summed E-state index contributed by atoms with van der Waals surface area (Å²) >= 11 is 0. The van der Waals surface area contributed by atoms with Crippen LogP contribution in [-0.4, -0.2) is 53.6 Å². The van der Waals surface area contributed by atoms with Crippen molar-refractivity contribution in [3.63, 3.8) is 0 Å². The topological polar surface area (TPSA) is 87.5 Å². The van der Waals surface area contributed by atoms with Crippen LogP contribution in [0.2, 0.25) is 0 Å². The van der Waals surface area contributed by atoms with Crippen molar-refractivity contribution in [3.05, 3.63) is 42.4 Å². The highest BCUT2D eigenvalue weighted by molar-refractivity contribution is 7.87. The van der Waals surface area contributed by atoms with E-state index in [2.05, 4.69) is 26.4 Å². The van der Waals surface area contributed by atoms with Crippen molar-refractivity contribution in [2.45, 2.75) is 18.6 Å². The number of β-amino-alcohol motifs (C(OH)–C–C–N with tert-alkyl or cyclic N) is 1. The largest absolute Gasteiger partial charge is 0.391 e. The molecule has 8 heteroatoms. The molecule has 1 aromatic carbocycles. The summed E-state index contributed by atoms with van der Waals surface area (Å²) in [7, 11) is -2.12. The number of imidazole rings is 1. The zero-order chi connectivity index (χ0) is 16.9. The zero-order valence-electron chi connectivity index (χ0n) is 13.3. The molecule has 2 aliphatic heterocycles. The van der Waals surface area contributed by atoms with E-state index in [9.17, 15) is 13.5 Å². The quantitative estimate of drug-likeness (QED) is 0.850. The van der Waals surface area contributed by atoms with E-state index in [1.807, 2.05) is 18.3 Å². The molecule has 1 unspecified atom stereocenters. The number of nitrogens with one attached hydrogen (secondary N) is 1. The molecule has 1 saturated heterocycles. The second-order valence-electron chi connectivity index (χ2n) is 6.31. The van der Waals surface area contributed by atoms with Gasteiger partial charge in [-0.3, -0.25) is 0 Å². The number of fused-ring (bicyclic) bond motifs is 3. The van der Waals surface area contributed by atoms with Crippen LogP contribution in [0.3, 0.4) is 0 Å². The van der Waals surface area contributed by atoms with Gasteiger partial charge in [-0.05, 0) is 12.0 Å². The third-order valence-electron chi connectivity index (χ3n) is 5.12. The number of benzene rings is 1. The maximum absolute atomic E-state index is 12.0. The fraction of sp³-hybridized carbons (Fsp3) is 0.438. The molecule has 0 radical (unpaired) electrons. The van der Waals surface area contributed by atoms with Gasteiger partial charge < -0.3 is 9.67 Å². The Morgan fingerprint density at radius 3 is 2.88 bits per heavy atom. The summed E-state index contributed by atoms with van der Waals surface area (Å²) in [4.78, 5) is 4.25. The molecule has 2 aliphatic rings. The molecule has 0 saturated carbocycles. The minimum atomic E-state index is -3.51. The second-order valence-corrected chi connectivity index (χ2v) is 8.18. The Bertz CT molecular complexity index is 864. The lowest BCUT2D eigenvalue weighted by atomic mass is 9.84. The van der Waals surface area contributed by atoms with Crippen LogP contribution in [-0.2, 0) is 10.2 Å². The minimum Gasteiger partial charge on any atom is -0.391 e. The molecule has 3 heterocycles. The van der Waals surface area contributed by atoms with E-state index in [-0.39, 0.29) is 18.5 Å². The predicted octanol–water partition coefficient (Wildman–Crippen LogP) is 0.600. The smallest absolute Gasteiger partial charge is 0.279 e. The van der Waals surface area contributed by atoms with Gasteiger partial charge in [0.05, 0.1) is 30.4 Å². The molecule has 24 heavy (non-hydrogen) atoms. The van der Waals surface area contributed by atoms with Gasteiger partial charge in [0.1, 0.15) is 0 Å². The molecule has 1 fully saturated rings. The molecule has 0 spiro atoms. The molecule has 3 atom stereocenters. The van der Waals surface area contributed by atoms with Gasteiger partial charge in [0.25, 0.3) is 10.2 Å². The van der Waals surface area contributed by atoms with Crippen molar-refractivity contribution in [2.24, 2.45) is 5.92 Å². The van der Waals surface area contributed by atoms with Crippen LogP contribution in [0.15, 0.2) is 36.8 Å². The number of hydrogen-bond acceptors (Lipinski definition) is 4. The number of nitrogens with zero attached hydrogens (tertiary/aromatic N) is 3. The monoisotopic (exact) mass is 348 g/mol. The van der Waals surface area contributed by atoms with Gasteiger partial charge in [0, 0.05) is 31.6 Å². The highest BCUT2D eigenvalue weighted by atomic mass is 32.2. The lowest BCUT2D eigenvalue weighted by Gasteiger charge is -2.38. The van der Waals surface area contributed by atoms with Crippen LogP contribution in [0.1, 0.15) is 18.0 Å². The van der Waals surface area contributed by atoms with Gasteiger partial charge in [-0.2, -0.15) is 12.7 Å². The Balaban J connectivity index is 1.66. The van der Waals surface area contributed by atoms with Crippen LogP contribution in [0.25, 0.3) is 11.3 Å². The highest BCUT2D eigenvalue weighted by Gasteiger charge is 2.42.